The number of benzene rings is 1. The predicted octanol–water partition coefficient (Wildman–Crippen LogP) is 1.16. The molecular formula is C18H28N4O3. The molecule has 1 heterocycles. The minimum atomic E-state index is -0.0584. The Morgan fingerprint density at radius 3 is 2.40 bits per heavy atom. The third-order valence-electron chi connectivity index (χ3n) is 4.23. The molecule has 2 rings (SSSR count). The van der Waals surface area contributed by atoms with Crippen LogP contribution in [0, 0.1) is 0 Å². The highest BCUT2D eigenvalue weighted by Gasteiger charge is 2.20. The van der Waals surface area contributed by atoms with Crippen LogP contribution in [0.1, 0.15) is 12.5 Å². The summed E-state index contributed by atoms with van der Waals surface area (Å²) in [5, 5.41) is 5.63. The van der Waals surface area contributed by atoms with Crippen molar-refractivity contribution in [3.63, 3.8) is 0 Å². The van der Waals surface area contributed by atoms with Gasteiger partial charge in [0.25, 0.3) is 0 Å². The summed E-state index contributed by atoms with van der Waals surface area (Å²) in [6.07, 6.45) is 0.959. The van der Waals surface area contributed by atoms with Gasteiger partial charge in [0.2, 0.25) is 5.91 Å². The molecular weight excluding hydrogens is 320 g/mol. The van der Waals surface area contributed by atoms with Gasteiger partial charge in [0, 0.05) is 59.0 Å². The molecule has 1 saturated heterocycles. The first kappa shape index (κ1) is 19.2. The fourth-order valence-corrected chi connectivity index (χ4v) is 2.79. The first-order chi connectivity index (χ1) is 12.1. The maximum absolute atomic E-state index is 12.0. The quantitative estimate of drug-likeness (QED) is 0.725. The van der Waals surface area contributed by atoms with E-state index in [2.05, 4.69) is 15.5 Å². The Balaban J connectivity index is 1.68. The Bertz CT molecular complexity index is 554. The molecule has 0 atom stereocenters. The highest BCUT2D eigenvalue weighted by Crippen LogP contribution is 2.11. The van der Waals surface area contributed by atoms with Gasteiger partial charge in [-0.2, -0.15) is 0 Å². The van der Waals surface area contributed by atoms with Crippen LogP contribution in [0.5, 0.6) is 0 Å². The monoisotopic (exact) mass is 348 g/mol. The van der Waals surface area contributed by atoms with Crippen molar-refractivity contribution in [3.05, 3.63) is 29.8 Å². The number of hydrogen-bond acceptors (Lipinski definition) is 4. The molecule has 1 aromatic carbocycles. The number of ether oxygens (including phenoxy) is 1. The van der Waals surface area contributed by atoms with Gasteiger partial charge < -0.3 is 20.3 Å². The van der Waals surface area contributed by atoms with E-state index in [1.165, 1.54) is 12.5 Å². The van der Waals surface area contributed by atoms with Crippen LogP contribution in [0.25, 0.3) is 0 Å². The van der Waals surface area contributed by atoms with E-state index < -0.39 is 0 Å². The van der Waals surface area contributed by atoms with Gasteiger partial charge in [-0.25, -0.2) is 4.79 Å². The summed E-state index contributed by atoms with van der Waals surface area (Å²) in [4.78, 5) is 27.2. The molecule has 2 N–H and O–H groups in total. The smallest absolute Gasteiger partial charge is 0.317 e. The Labute approximate surface area is 149 Å². The average molecular weight is 348 g/mol. The Hall–Kier alpha value is -2.12. The van der Waals surface area contributed by atoms with Crippen LogP contribution in [0.15, 0.2) is 24.3 Å². The van der Waals surface area contributed by atoms with E-state index in [1.54, 1.807) is 7.11 Å². The van der Waals surface area contributed by atoms with E-state index in [9.17, 15) is 9.59 Å². The van der Waals surface area contributed by atoms with Gasteiger partial charge in [-0.3, -0.25) is 9.69 Å². The summed E-state index contributed by atoms with van der Waals surface area (Å²) < 4.78 is 4.93. The van der Waals surface area contributed by atoms with Gasteiger partial charge in [0.05, 0.1) is 6.61 Å². The second-order valence-corrected chi connectivity index (χ2v) is 6.18. The third-order valence-corrected chi connectivity index (χ3v) is 4.23. The largest absolute Gasteiger partial charge is 0.383 e. The zero-order valence-electron chi connectivity index (χ0n) is 15.1. The molecule has 7 heteroatoms. The zero-order valence-corrected chi connectivity index (χ0v) is 15.1. The van der Waals surface area contributed by atoms with Crippen molar-refractivity contribution in [2.75, 3.05) is 58.3 Å². The van der Waals surface area contributed by atoms with Crippen LogP contribution in [-0.4, -0.2) is 74.7 Å². The molecule has 1 aliphatic heterocycles. The van der Waals surface area contributed by atoms with Gasteiger partial charge >= 0.3 is 6.03 Å². The van der Waals surface area contributed by atoms with E-state index in [1.807, 2.05) is 29.2 Å². The molecule has 1 aliphatic rings. The molecule has 0 aromatic heterocycles. The number of rotatable bonds is 7. The highest BCUT2D eigenvalue weighted by atomic mass is 16.5. The second-order valence-electron chi connectivity index (χ2n) is 6.18. The Morgan fingerprint density at radius 1 is 1.12 bits per heavy atom. The minimum Gasteiger partial charge on any atom is -0.383 e. The molecule has 0 radical (unpaired) electrons. The van der Waals surface area contributed by atoms with Crippen LogP contribution in [0.3, 0.4) is 0 Å². The average Bonchev–Trinajstić information content (AvgIpc) is 2.61. The number of piperazine rings is 1. The molecule has 0 aliphatic carbocycles. The summed E-state index contributed by atoms with van der Waals surface area (Å²) in [5.41, 5.74) is 2.07. The number of hydrogen-bond donors (Lipinski definition) is 2. The van der Waals surface area contributed by atoms with Crippen molar-refractivity contribution in [1.29, 1.82) is 0 Å². The lowest BCUT2D eigenvalue weighted by molar-refractivity contribution is -0.114. The lowest BCUT2D eigenvalue weighted by atomic mass is 10.1. The summed E-state index contributed by atoms with van der Waals surface area (Å²) >= 11 is 0. The summed E-state index contributed by atoms with van der Waals surface area (Å²) in [6, 6.07) is 7.94. The number of anilines is 1. The normalized spacial score (nSPS) is 15.0. The summed E-state index contributed by atoms with van der Waals surface area (Å²) in [7, 11) is 1.62. The van der Waals surface area contributed by atoms with E-state index in [0.717, 1.165) is 44.8 Å². The molecule has 25 heavy (non-hydrogen) atoms. The molecule has 3 amide bonds. The van der Waals surface area contributed by atoms with E-state index in [4.69, 9.17) is 4.74 Å². The van der Waals surface area contributed by atoms with Gasteiger partial charge in [0.15, 0.2) is 0 Å². The number of nitrogens with zero attached hydrogens (tertiary/aromatic N) is 2. The van der Waals surface area contributed by atoms with Crippen molar-refractivity contribution in [2.24, 2.45) is 0 Å². The molecule has 0 saturated carbocycles. The van der Waals surface area contributed by atoms with Crippen molar-refractivity contribution in [2.45, 2.75) is 13.3 Å². The number of methoxy groups -OCH3 is 1. The Kier molecular flexibility index (Phi) is 7.69. The zero-order chi connectivity index (χ0) is 18.1. The molecule has 0 spiro atoms. The molecule has 0 bridgehead atoms. The van der Waals surface area contributed by atoms with Crippen molar-refractivity contribution < 1.29 is 14.3 Å². The molecule has 1 aromatic rings. The second kappa shape index (κ2) is 10.0. The number of carbonyl (C=O) groups excluding carboxylic acids is 2. The van der Waals surface area contributed by atoms with Crippen LogP contribution >= 0.6 is 0 Å². The maximum Gasteiger partial charge on any atom is 0.317 e. The first-order valence-corrected chi connectivity index (χ1v) is 8.69. The van der Waals surface area contributed by atoms with E-state index in [0.29, 0.717) is 13.2 Å². The van der Waals surface area contributed by atoms with Gasteiger partial charge in [0.1, 0.15) is 0 Å². The van der Waals surface area contributed by atoms with Gasteiger partial charge in [-0.1, -0.05) is 12.1 Å². The van der Waals surface area contributed by atoms with Gasteiger partial charge in [-0.15, -0.1) is 0 Å². The highest BCUT2D eigenvalue weighted by molar-refractivity contribution is 5.88. The standard InChI is InChI=1S/C18H28N4O3/c1-15(23)20-17-5-3-16(4-6-17)7-9-21-10-12-22(13-11-21)18(24)19-8-14-25-2/h3-6H,7-14H2,1-2H3,(H,19,24)(H,20,23). The van der Waals surface area contributed by atoms with E-state index in [-0.39, 0.29) is 11.9 Å². The fourth-order valence-electron chi connectivity index (χ4n) is 2.79. The van der Waals surface area contributed by atoms with Gasteiger partial charge in [-0.05, 0) is 24.1 Å². The number of nitrogens with one attached hydrogen (secondary N) is 2. The molecule has 0 unspecified atom stereocenters. The SMILES string of the molecule is COCCNC(=O)N1CCN(CCc2ccc(NC(C)=O)cc2)CC1. The first-order valence-electron chi connectivity index (χ1n) is 8.69. The van der Waals surface area contributed by atoms with E-state index >= 15 is 0 Å². The predicted molar refractivity (Wildman–Crippen MR) is 97.7 cm³/mol. The molecule has 1 fully saturated rings. The van der Waals surface area contributed by atoms with Crippen LogP contribution in [0.4, 0.5) is 10.5 Å². The van der Waals surface area contributed by atoms with Crippen molar-refractivity contribution >= 4 is 17.6 Å². The van der Waals surface area contributed by atoms with Crippen LogP contribution in [-0.2, 0) is 16.0 Å². The topological polar surface area (TPSA) is 73.9 Å². The van der Waals surface area contributed by atoms with Crippen LogP contribution in [0.2, 0.25) is 0 Å². The van der Waals surface area contributed by atoms with Crippen molar-refractivity contribution in [3.8, 4) is 0 Å². The maximum atomic E-state index is 12.0. The minimum absolute atomic E-state index is 0.00902. The number of amides is 3. The number of urea groups is 1. The lowest BCUT2D eigenvalue weighted by Gasteiger charge is -2.34. The molecule has 138 valence electrons. The summed E-state index contributed by atoms with van der Waals surface area (Å²) in [5.74, 6) is -0.0584. The fraction of sp³-hybridized carbons (Fsp3) is 0.556. The van der Waals surface area contributed by atoms with Crippen molar-refractivity contribution in [1.82, 2.24) is 15.1 Å². The lowest BCUT2D eigenvalue weighted by Crippen LogP contribution is -2.52. The number of carbonyl (C=O) groups is 2. The van der Waals surface area contributed by atoms with Crippen LogP contribution < -0.4 is 10.6 Å². The molecule has 7 nitrogen and oxygen atoms in total. The Morgan fingerprint density at radius 2 is 1.80 bits per heavy atom. The summed E-state index contributed by atoms with van der Waals surface area (Å²) in [6.45, 7) is 6.84. The third kappa shape index (κ3) is 6.72.